The number of benzene rings is 1. The van der Waals surface area contributed by atoms with Crippen molar-refractivity contribution in [3.05, 3.63) is 83.1 Å². The van der Waals surface area contributed by atoms with Crippen LogP contribution in [0.25, 0.3) is 0 Å². The van der Waals surface area contributed by atoms with Crippen molar-refractivity contribution in [2.75, 3.05) is 33.2 Å². The smallest absolute Gasteiger partial charge is 0.123 e. The molecule has 3 aliphatic rings. The molecule has 3 aliphatic heterocycles. The van der Waals surface area contributed by atoms with Gasteiger partial charge in [0.2, 0.25) is 0 Å². The monoisotopic (exact) mass is 539 g/mol. The highest BCUT2D eigenvalue weighted by molar-refractivity contribution is 6.03. The quantitative estimate of drug-likeness (QED) is 0.180. The number of likely N-dealkylation sites (tertiary alicyclic amines) is 2. The number of nitrogens with zero attached hydrogens (tertiary/aromatic N) is 4. The molecule has 3 heterocycles. The van der Waals surface area contributed by atoms with E-state index in [0.29, 0.717) is 11.8 Å². The molecule has 3 atom stereocenters. The van der Waals surface area contributed by atoms with Crippen molar-refractivity contribution in [2.24, 2.45) is 27.7 Å². The van der Waals surface area contributed by atoms with Crippen LogP contribution >= 0.6 is 0 Å². The summed E-state index contributed by atoms with van der Waals surface area (Å²) in [6, 6.07) is 10.8. The van der Waals surface area contributed by atoms with Gasteiger partial charge in [-0.3, -0.25) is 14.9 Å². The van der Waals surface area contributed by atoms with Crippen LogP contribution in [0.15, 0.2) is 87.5 Å². The van der Waals surface area contributed by atoms with Gasteiger partial charge in [-0.15, -0.1) is 6.58 Å². The number of hydrogen-bond acceptors (Lipinski definition) is 4. The Hall–Kier alpha value is -3.05. The van der Waals surface area contributed by atoms with E-state index in [-0.39, 0.29) is 5.92 Å². The first kappa shape index (κ1) is 29.9. The van der Waals surface area contributed by atoms with Gasteiger partial charge in [-0.1, -0.05) is 62.2 Å². The predicted octanol–water partition coefficient (Wildman–Crippen LogP) is 7.49. The van der Waals surface area contributed by atoms with Gasteiger partial charge in [0.1, 0.15) is 5.84 Å². The third-order valence-corrected chi connectivity index (χ3v) is 8.95. The summed E-state index contributed by atoms with van der Waals surface area (Å²) in [7, 11) is 1.91. The summed E-state index contributed by atoms with van der Waals surface area (Å²) in [5, 5.41) is 8.51. The minimum atomic E-state index is 0.273. The lowest BCUT2D eigenvalue weighted by molar-refractivity contribution is 0.288. The van der Waals surface area contributed by atoms with Gasteiger partial charge < -0.3 is 10.3 Å². The first-order chi connectivity index (χ1) is 19.3. The Bertz CT molecular complexity index is 1200. The van der Waals surface area contributed by atoms with E-state index in [2.05, 4.69) is 91.5 Å². The van der Waals surface area contributed by atoms with Gasteiger partial charge in [0.25, 0.3) is 0 Å². The molecule has 1 aromatic carbocycles. The van der Waals surface area contributed by atoms with E-state index in [1.165, 1.54) is 35.4 Å². The second-order valence-electron chi connectivity index (χ2n) is 11.9. The van der Waals surface area contributed by atoms with Crippen LogP contribution in [-0.2, 0) is 6.54 Å². The topological polar surface area (TPSA) is 55.1 Å². The number of hydrogen-bond donors (Lipinski definition) is 1. The molecule has 2 saturated heterocycles. The van der Waals surface area contributed by atoms with Crippen molar-refractivity contribution in [3.8, 4) is 0 Å². The maximum absolute atomic E-state index is 8.51. The molecule has 214 valence electrons. The molecule has 1 aromatic rings. The average molecular weight is 540 g/mol. The summed E-state index contributed by atoms with van der Waals surface area (Å²) >= 11 is 0. The molecule has 1 N–H and O–H groups in total. The zero-order valence-corrected chi connectivity index (χ0v) is 25.4. The fourth-order valence-electron chi connectivity index (χ4n) is 6.72. The van der Waals surface area contributed by atoms with E-state index in [1.54, 1.807) is 0 Å². The van der Waals surface area contributed by atoms with Crippen LogP contribution in [0, 0.1) is 23.2 Å². The van der Waals surface area contributed by atoms with Crippen LogP contribution in [0.1, 0.15) is 65.4 Å². The Kier molecular flexibility index (Phi) is 10.5. The molecule has 40 heavy (non-hydrogen) atoms. The van der Waals surface area contributed by atoms with Crippen molar-refractivity contribution in [1.29, 1.82) is 5.41 Å². The predicted molar refractivity (Wildman–Crippen MR) is 171 cm³/mol. The Morgan fingerprint density at radius 3 is 2.45 bits per heavy atom. The number of fused-ring (bicyclic) bond motifs is 1. The maximum Gasteiger partial charge on any atom is 0.123 e. The van der Waals surface area contributed by atoms with Crippen molar-refractivity contribution in [3.63, 3.8) is 0 Å². The van der Waals surface area contributed by atoms with Crippen molar-refractivity contribution >= 4 is 17.3 Å². The molecule has 0 aromatic heterocycles. The normalized spacial score (nSPS) is 25.0. The van der Waals surface area contributed by atoms with Crippen molar-refractivity contribution in [2.45, 2.75) is 66.3 Å². The van der Waals surface area contributed by atoms with Crippen LogP contribution in [0.3, 0.4) is 0 Å². The highest BCUT2D eigenvalue weighted by Crippen LogP contribution is 2.35. The van der Waals surface area contributed by atoms with Gasteiger partial charge in [-0.2, -0.15) is 0 Å². The molecular weight excluding hydrogens is 490 g/mol. The largest absolute Gasteiger partial charge is 0.356 e. The number of amidine groups is 1. The number of aliphatic imine (C=N–C) groups is 2. The van der Waals surface area contributed by atoms with Gasteiger partial charge >= 0.3 is 0 Å². The molecule has 5 nitrogen and oxygen atoms in total. The third kappa shape index (κ3) is 7.17. The van der Waals surface area contributed by atoms with Gasteiger partial charge in [0, 0.05) is 63.5 Å². The molecule has 5 heteroatoms. The molecule has 4 rings (SSSR count). The van der Waals surface area contributed by atoms with E-state index in [9.17, 15) is 0 Å². The standard InChI is InChI=1S/C35H49N5/c1-7-9-16-32(36)19-29(13-8-2)35-26(4)25(3)33(38-27(35)5)17-18-34(37-6)40-23-30-21-39(22-31(30)24-40)20-28-14-11-10-12-15-28/h8,10-12,14-15,17-18,26,30-31,36H,2,7,9,13,16,19-24H2,1,3-6H3/b18-17-,35-29-,36-32?,37-34?. The zero-order valence-electron chi connectivity index (χ0n) is 25.4. The van der Waals surface area contributed by atoms with E-state index < -0.39 is 0 Å². The summed E-state index contributed by atoms with van der Waals surface area (Å²) in [4.78, 5) is 14.8. The highest BCUT2D eigenvalue weighted by Gasteiger charge is 2.40. The SMILES string of the molecule is C=CC/C(CC(=N)CCCC)=C1/C(C)=NC(/C=C\C(=NC)N2CC3CN(Cc4ccccc4)CC3C2)=C(C)C1C. The zero-order chi connectivity index (χ0) is 28.6. The second kappa shape index (κ2) is 14.0. The van der Waals surface area contributed by atoms with Crippen LogP contribution in [-0.4, -0.2) is 60.3 Å². The molecule has 0 spiro atoms. The molecule has 0 radical (unpaired) electrons. The highest BCUT2D eigenvalue weighted by atomic mass is 15.3. The Labute approximate surface area is 242 Å². The first-order valence-corrected chi connectivity index (χ1v) is 15.2. The van der Waals surface area contributed by atoms with Crippen LogP contribution < -0.4 is 0 Å². The molecule has 0 amide bonds. The lowest BCUT2D eigenvalue weighted by Crippen LogP contribution is -2.32. The lowest BCUT2D eigenvalue weighted by atomic mass is 9.81. The van der Waals surface area contributed by atoms with Gasteiger partial charge in [0.05, 0.1) is 5.70 Å². The number of allylic oxidation sites excluding steroid dienone is 5. The van der Waals surface area contributed by atoms with Crippen LogP contribution in [0.2, 0.25) is 0 Å². The summed E-state index contributed by atoms with van der Waals surface area (Å²) in [5.41, 5.74) is 8.22. The summed E-state index contributed by atoms with van der Waals surface area (Å²) in [5.74, 6) is 2.74. The Morgan fingerprint density at radius 1 is 1.12 bits per heavy atom. The number of unbranched alkanes of at least 4 members (excludes halogenated alkanes) is 1. The number of rotatable bonds is 11. The van der Waals surface area contributed by atoms with E-state index in [1.807, 2.05) is 13.1 Å². The first-order valence-electron chi connectivity index (χ1n) is 15.2. The van der Waals surface area contributed by atoms with E-state index in [0.717, 1.165) is 74.7 Å². The Balaban J connectivity index is 1.42. The van der Waals surface area contributed by atoms with Crippen LogP contribution in [0.4, 0.5) is 0 Å². The minimum Gasteiger partial charge on any atom is -0.356 e. The summed E-state index contributed by atoms with van der Waals surface area (Å²) < 4.78 is 0. The molecule has 0 aliphatic carbocycles. The van der Waals surface area contributed by atoms with E-state index >= 15 is 0 Å². The van der Waals surface area contributed by atoms with Crippen LogP contribution in [0.5, 0.6) is 0 Å². The average Bonchev–Trinajstić information content (AvgIpc) is 3.50. The van der Waals surface area contributed by atoms with Crippen molar-refractivity contribution in [1.82, 2.24) is 9.80 Å². The second-order valence-corrected chi connectivity index (χ2v) is 11.9. The fraction of sp³-hybridized carbons (Fsp3) is 0.514. The Morgan fingerprint density at radius 2 is 1.82 bits per heavy atom. The third-order valence-electron chi connectivity index (χ3n) is 8.95. The molecule has 0 saturated carbocycles. The molecule has 3 unspecified atom stereocenters. The van der Waals surface area contributed by atoms with Gasteiger partial charge in [-0.05, 0) is 73.8 Å². The van der Waals surface area contributed by atoms with Gasteiger partial charge in [0.15, 0.2) is 0 Å². The molecule has 2 fully saturated rings. The van der Waals surface area contributed by atoms with Gasteiger partial charge in [-0.25, -0.2) is 0 Å². The number of nitrogens with one attached hydrogen (secondary N) is 1. The van der Waals surface area contributed by atoms with Crippen molar-refractivity contribution < 1.29 is 0 Å². The van der Waals surface area contributed by atoms with E-state index in [4.69, 9.17) is 10.4 Å². The minimum absolute atomic E-state index is 0.273. The molecule has 0 bridgehead atoms. The summed E-state index contributed by atoms with van der Waals surface area (Å²) in [6.07, 6.45) is 10.9. The lowest BCUT2D eigenvalue weighted by Gasteiger charge is -2.27. The summed E-state index contributed by atoms with van der Waals surface area (Å²) in [6.45, 7) is 18.3. The molecular formula is C35H49N5. The maximum atomic E-state index is 8.51. The fourth-order valence-corrected chi connectivity index (χ4v) is 6.72.